The van der Waals surface area contributed by atoms with Gasteiger partial charge < -0.3 is 14.9 Å². The molecule has 1 atom stereocenters. The highest BCUT2D eigenvalue weighted by molar-refractivity contribution is 9.10. The van der Waals surface area contributed by atoms with Crippen molar-refractivity contribution in [2.75, 3.05) is 24.5 Å². The van der Waals surface area contributed by atoms with Crippen LogP contribution >= 0.6 is 39.1 Å². The Morgan fingerprint density at radius 3 is 2.75 bits per heavy atom. The average molecular weight is 438 g/mol. The second-order valence-electron chi connectivity index (χ2n) is 5.47. The van der Waals surface area contributed by atoms with Gasteiger partial charge >= 0.3 is 6.09 Å². The Kier molecular flexibility index (Phi) is 4.72. The number of carbonyl (C=O) groups is 1. The van der Waals surface area contributed by atoms with Gasteiger partial charge in [0, 0.05) is 31.1 Å². The third-order valence-electron chi connectivity index (χ3n) is 3.95. The third-order valence-corrected chi connectivity index (χ3v) is 5.42. The van der Waals surface area contributed by atoms with E-state index in [0.717, 1.165) is 0 Å². The smallest absolute Gasteiger partial charge is 0.407 e. The first-order valence-electron chi connectivity index (χ1n) is 7.05. The Morgan fingerprint density at radius 2 is 2.12 bits per heavy atom. The zero-order valence-corrected chi connectivity index (χ0v) is 15.5. The highest BCUT2D eigenvalue weighted by Crippen LogP contribution is 2.36. The average Bonchev–Trinajstić information content (AvgIpc) is 2.53. The van der Waals surface area contributed by atoms with Crippen LogP contribution in [0.1, 0.15) is 6.92 Å². The van der Waals surface area contributed by atoms with E-state index >= 15 is 0 Å². The number of benzene rings is 1. The topological polar surface area (TPSA) is 69.6 Å². The molecule has 1 saturated heterocycles. The van der Waals surface area contributed by atoms with E-state index in [1.54, 1.807) is 6.07 Å². The second-order valence-corrected chi connectivity index (χ2v) is 7.01. The van der Waals surface area contributed by atoms with Gasteiger partial charge in [0.15, 0.2) is 5.82 Å². The van der Waals surface area contributed by atoms with E-state index in [0.29, 0.717) is 30.8 Å². The molecule has 0 unspecified atom stereocenters. The molecule has 1 aliphatic rings. The Hall–Kier alpha value is -1.38. The molecule has 0 aliphatic carbocycles. The maximum Gasteiger partial charge on any atom is 0.407 e. The number of anilines is 1. The fourth-order valence-corrected chi connectivity index (χ4v) is 3.45. The predicted octanol–water partition coefficient (Wildman–Crippen LogP) is 4.03. The van der Waals surface area contributed by atoms with Crippen molar-refractivity contribution < 1.29 is 14.3 Å². The number of hydrogen-bond acceptors (Lipinski definition) is 4. The van der Waals surface area contributed by atoms with Crippen LogP contribution in [0.15, 0.2) is 10.5 Å². The van der Waals surface area contributed by atoms with Crippen molar-refractivity contribution in [3.8, 4) is 0 Å². The highest BCUT2D eigenvalue weighted by Gasteiger charge is 2.29. The monoisotopic (exact) mass is 436 g/mol. The van der Waals surface area contributed by atoms with Gasteiger partial charge in [0.05, 0.1) is 9.50 Å². The van der Waals surface area contributed by atoms with Gasteiger partial charge in [0.2, 0.25) is 5.28 Å². The fraction of sp³-hybridized carbons (Fsp3) is 0.357. The first-order valence-corrected chi connectivity index (χ1v) is 8.59. The molecule has 2 heterocycles. The summed E-state index contributed by atoms with van der Waals surface area (Å²) in [5, 5.41) is 9.67. The number of piperazine rings is 1. The zero-order chi connectivity index (χ0) is 17.6. The van der Waals surface area contributed by atoms with Crippen molar-refractivity contribution in [2.45, 2.75) is 13.0 Å². The summed E-state index contributed by atoms with van der Waals surface area (Å²) in [6, 6.07) is 1.42. The van der Waals surface area contributed by atoms with Gasteiger partial charge in [-0.1, -0.05) is 11.6 Å². The minimum Gasteiger partial charge on any atom is -0.465 e. The Balaban J connectivity index is 2.11. The number of amides is 1. The lowest BCUT2D eigenvalue weighted by Crippen LogP contribution is -2.53. The first kappa shape index (κ1) is 17.4. The van der Waals surface area contributed by atoms with Crippen LogP contribution in [-0.4, -0.2) is 51.7 Å². The number of aromatic nitrogens is 2. The molecule has 0 spiro atoms. The van der Waals surface area contributed by atoms with Crippen LogP contribution < -0.4 is 4.90 Å². The maximum atomic E-state index is 14.5. The first-order chi connectivity index (χ1) is 11.3. The van der Waals surface area contributed by atoms with Gasteiger partial charge in [-0.3, -0.25) is 0 Å². The minimum absolute atomic E-state index is 0.0640. The fourth-order valence-electron chi connectivity index (χ4n) is 2.80. The van der Waals surface area contributed by atoms with Crippen molar-refractivity contribution in [3.63, 3.8) is 0 Å². The standard InChI is InChI=1S/C14H12BrCl2FN4O2/c1-6-5-21(14(23)24)2-3-22(6)12-7-4-8(16)9(15)10(18)11(7)19-13(17)20-12/h4,6H,2-3,5H2,1H3,(H,23,24)/t6-/m0/s1. The largest absolute Gasteiger partial charge is 0.465 e. The summed E-state index contributed by atoms with van der Waals surface area (Å²) in [7, 11) is 0. The van der Waals surface area contributed by atoms with Crippen molar-refractivity contribution in [2.24, 2.45) is 0 Å². The number of nitrogens with zero attached hydrogens (tertiary/aromatic N) is 4. The SMILES string of the molecule is C[C@H]1CN(C(=O)O)CCN1c1nc(Cl)nc2c(F)c(Br)c(Cl)cc12. The molecule has 6 nitrogen and oxygen atoms in total. The molecule has 1 aromatic carbocycles. The molecule has 3 rings (SSSR count). The van der Waals surface area contributed by atoms with Crippen molar-refractivity contribution in [1.82, 2.24) is 14.9 Å². The summed E-state index contributed by atoms with van der Waals surface area (Å²) >= 11 is 15.1. The quantitative estimate of drug-likeness (QED) is 0.538. The molecule has 10 heteroatoms. The van der Waals surface area contributed by atoms with Gasteiger partial charge in [-0.25, -0.2) is 14.2 Å². The predicted molar refractivity (Wildman–Crippen MR) is 93.6 cm³/mol. The molecule has 0 bridgehead atoms. The minimum atomic E-state index is -0.968. The van der Waals surface area contributed by atoms with Crippen LogP contribution in [0.25, 0.3) is 10.9 Å². The molecule has 24 heavy (non-hydrogen) atoms. The van der Waals surface area contributed by atoms with Crippen LogP contribution in [0.5, 0.6) is 0 Å². The maximum absolute atomic E-state index is 14.5. The Morgan fingerprint density at radius 1 is 1.42 bits per heavy atom. The van der Waals surface area contributed by atoms with Gasteiger partial charge in [0.1, 0.15) is 11.3 Å². The number of fused-ring (bicyclic) bond motifs is 1. The van der Waals surface area contributed by atoms with Crippen LogP contribution in [0.3, 0.4) is 0 Å². The summed E-state index contributed by atoms with van der Waals surface area (Å²) in [6.07, 6.45) is -0.968. The lowest BCUT2D eigenvalue weighted by molar-refractivity contribution is 0.136. The van der Waals surface area contributed by atoms with Gasteiger partial charge in [-0.15, -0.1) is 0 Å². The molecule has 0 radical (unpaired) electrons. The zero-order valence-electron chi connectivity index (χ0n) is 12.4. The summed E-state index contributed by atoms with van der Waals surface area (Å²) in [4.78, 5) is 22.5. The third kappa shape index (κ3) is 2.98. The van der Waals surface area contributed by atoms with E-state index in [2.05, 4.69) is 25.9 Å². The van der Waals surface area contributed by atoms with E-state index in [1.807, 2.05) is 11.8 Å². The molecule has 0 saturated carbocycles. The van der Waals surface area contributed by atoms with Crippen LogP contribution in [0.2, 0.25) is 10.3 Å². The molecule has 1 N–H and O–H groups in total. The van der Waals surface area contributed by atoms with Gasteiger partial charge in [-0.2, -0.15) is 4.98 Å². The Labute approximate surface area is 155 Å². The second kappa shape index (κ2) is 6.50. The normalized spacial score (nSPS) is 18.3. The Bertz CT molecular complexity index is 838. The number of rotatable bonds is 1. The molecule has 2 aromatic rings. The molecule has 1 aliphatic heterocycles. The van der Waals surface area contributed by atoms with Crippen LogP contribution in [0.4, 0.5) is 15.0 Å². The molecular weight excluding hydrogens is 426 g/mol. The van der Waals surface area contributed by atoms with Crippen molar-refractivity contribution in [1.29, 1.82) is 0 Å². The van der Waals surface area contributed by atoms with E-state index in [9.17, 15) is 9.18 Å². The van der Waals surface area contributed by atoms with Crippen molar-refractivity contribution in [3.05, 3.63) is 26.7 Å². The summed E-state index contributed by atoms with van der Waals surface area (Å²) < 4.78 is 14.6. The molecule has 1 aromatic heterocycles. The van der Waals surface area contributed by atoms with E-state index in [1.165, 1.54) is 4.90 Å². The van der Waals surface area contributed by atoms with Gasteiger partial charge in [0.25, 0.3) is 0 Å². The molecule has 128 valence electrons. The van der Waals surface area contributed by atoms with E-state index in [4.69, 9.17) is 28.3 Å². The van der Waals surface area contributed by atoms with Crippen LogP contribution in [0, 0.1) is 5.82 Å². The lowest BCUT2D eigenvalue weighted by atomic mass is 10.1. The summed E-state index contributed by atoms with van der Waals surface area (Å²) in [5.41, 5.74) is 0.0640. The van der Waals surface area contributed by atoms with E-state index in [-0.39, 0.29) is 26.3 Å². The summed E-state index contributed by atoms with van der Waals surface area (Å²) in [5.74, 6) is -0.171. The molecular formula is C14H12BrCl2FN4O2. The molecule has 1 amide bonds. The van der Waals surface area contributed by atoms with Gasteiger partial charge in [-0.05, 0) is 40.5 Å². The van der Waals surface area contributed by atoms with E-state index < -0.39 is 11.9 Å². The number of carboxylic acid groups (broad SMARTS) is 1. The summed E-state index contributed by atoms with van der Waals surface area (Å²) in [6.45, 7) is 2.90. The van der Waals surface area contributed by atoms with Crippen LogP contribution in [-0.2, 0) is 0 Å². The number of hydrogen-bond donors (Lipinski definition) is 1. The molecule has 1 fully saturated rings. The lowest BCUT2D eigenvalue weighted by Gasteiger charge is -2.39. The number of halogens is 4. The highest BCUT2D eigenvalue weighted by atomic mass is 79.9. The van der Waals surface area contributed by atoms with Crippen molar-refractivity contribution >= 4 is 61.9 Å².